The number of halogens is 2. The fourth-order valence-electron chi connectivity index (χ4n) is 5.12. The van der Waals surface area contributed by atoms with Crippen LogP contribution in [0.15, 0.2) is 41.5 Å². The number of fused-ring (bicyclic) bond motifs is 3. The van der Waals surface area contributed by atoms with Gasteiger partial charge in [0.2, 0.25) is 0 Å². The van der Waals surface area contributed by atoms with E-state index < -0.39 is 37.9 Å². The van der Waals surface area contributed by atoms with E-state index in [1.54, 1.807) is 43.5 Å². The number of carbonyl (C=O) groups excluding carboxylic acids is 1. The van der Waals surface area contributed by atoms with Gasteiger partial charge in [0.25, 0.3) is 5.91 Å². The van der Waals surface area contributed by atoms with Crippen molar-refractivity contribution in [3.8, 4) is 0 Å². The highest BCUT2D eigenvalue weighted by Crippen LogP contribution is 2.71. The summed E-state index contributed by atoms with van der Waals surface area (Å²) in [5.41, 5.74) is 6.74. The van der Waals surface area contributed by atoms with Crippen molar-refractivity contribution in [1.29, 1.82) is 0 Å². The summed E-state index contributed by atoms with van der Waals surface area (Å²) in [7, 11) is -3.19. The number of aromatic nitrogens is 2. The number of aryl methyl sites for hydroxylation is 1. The van der Waals surface area contributed by atoms with Crippen LogP contribution in [-0.2, 0) is 5.54 Å². The molecule has 3 aromatic rings. The Hall–Kier alpha value is -2.66. The highest BCUT2D eigenvalue weighted by Gasteiger charge is 2.62. The molecule has 34 heavy (non-hydrogen) atoms. The molecule has 3 atom stereocenters. The summed E-state index contributed by atoms with van der Waals surface area (Å²) in [6.45, 7) is 5.10. The summed E-state index contributed by atoms with van der Waals surface area (Å²) in [6, 6.07) is 7.54. The second-order valence-corrected chi connectivity index (χ2v) is 12.4. The first-order chi connectivity index (χ1) is 15.9. The fraction of sp³-hybridized carbons (Fsp3) is 0.348. The van der Waals surface area contributed by atoms with E-state index >= 15 is 4.39 Å². The Morgan fingerprint density at radius 2 is 2.06 bits per heavy atom. The molecule has 2 bridgehead atoms. The van der Waals surface area contributed by atoms with Gasteiger partial charge < -0.3 is 15.5 Å². The molecule has 180 valence electrons. The van der Waals surface area contributed by atoms with Gasteiger partial charge in [0.1, 0.15) is 33.3 Å². The normalized spacial score (nSPS) is 28.6. The van der Waals surface area contributed by atoms with Crippen LogP contribution in [0, 0.1) is 12.7 Å². The monoisotopic (exact) mass is 505 g/mol. The Morgan fingerprint density at radius 1 is 1.32 bits per heavy atom. The average molecular weight is 506 g/mol. The lowest BCUT2D eigenvalue weighted by Gasteiger charge is -2.54. The molecule has 0 unspecified atom stereocenters. The quantitative estimate of drug-likeness (QED) is 0.401. The third kappa shape index (κ3) is 3.09. The van der Waals surface area contributed by atoms with Gasteiger partial charge in [-0.25, -0.2) is 9.37 Å². The number of aliphatic imine (C=N–C) groups is 1. The number of hydrogen-bond acceptors (Lipinski definition) is 6. The number of nitrogens with two attached hydrogens (primary N) is 1. The van der Waals surface area contributed by atoms with Crippen molar-refractivity contribution in [3.05, 3.63) is 64.3 Å². The van der Waals surface area contributed by atoms with E-state index in [-0.39, 0.29) is 17.1 Å². The molecular weight excluding hydrogens is 481 g/mol. The first kappa shape index (κ1) is 23.1. The van der Waals surface area contributed by atoms with Crippen molar-refractivity contribution in [1.82, 2.24) is 9.38 Å². The standard InChI is InChI=1S/C23H25ClFN5O3S/c1-12-19(28-18-7-4-13(24)11-30(12)18)20(31)27-14-5-6-16(25)15(10-14)23(3)17-8-9-22(2,21(26)29-23)34(17,32)33/h4-7,10-11,17,32-33H,8-9H2,1-3H3,(H2,26,29)(H,27,31)/t17-,22+,23+/m0/s1. The van der Waals surface area contributed by atoms with Crippen molar-refractivity contribution in [2.75, 3.05) is 5.32 Å². The molecule has 11 heteroatoms. The maximum Gasteiger partial charge on any atom is 0.276 e. The lowest BCUT2D eigenvalue weighted by molar-refractivity contribution is 0.102. The molecule has 1 amide bonds. The Bertz CT molecular complexity index is 1390. The van der Waals surface area contributed by atoms with Gasteiger partial charge in [-0.3, -0.25) is 18.9 Å². The van der Waals surface area contributed by atoms with Gasteiger partial charge in [0.05, 0.1) is 16.0 Å². The van der Waals surface area contributed by atoms with E-state index in [2.05, 4.69) is 15.3 Å². The van der Waals surface area contributed by atoms with Gasteiger partial charge in [0, 0.05) is 17.4 Å². The highest BCUT2D eigenvalue weighted by atomic mass is 35.5. The van der Waals surface area contributed by atoms with Crippen LogP contribution in [0.4, 0.5) is 10.1 Å². The van der Waals surface area contributed by atoms with Crippen LogP contribution in [0.2, 0.25) is 5.02 Å². The number of benzene rings is 1. The number of imidazole rings is 1. The molecule has 2 aromatic heterocycles. The summed E-state index contributed by atoms with van der Waals surface area (Å²) < 4.78 is 37.9. The summed E-state index contributed by atoms with van der Waals surface area (Å²) in [5.74, 6) is -0.928. The second kappa shape index (κ2) is 7.42. The Kier molecular flexibility index (Phi) is 5.04. The van der Waals surface area contributed by atoms with Crippen LogP contribution in [0.3, 0.4) is 0 Å². The van der Waals surface area contributed by atoms with Gasteiger partial charge in [0.15, 0.2) is 0 Å². The van der Waals surface area contributed by atoms with Gasteiger partial charge in [-0.05, 0) is 63.9 Å². The predicted molar refractivity (Wildman–Crippen MR) is 133 cm³/mol. The highest BCUT2D eigenvalue weighted by molar-refractivity contribution is 8.26. The smallest absolute Gasteiger partial charge is 0.276 e. The first-order valence-electron chi connectivity index (χ1n) is 10.8. The van der Waals surface area contributed by atoms with E-state index in [0.717, 1.165) is 0 Å². The Morgan fingerprint density at radius 3 is 2.79 bits per heavy atom. The van der Waals surface area contributed by atoms with Crippen molar-refractivity contribution in [3.63, 3.8) is 0 Å². The number of nitrogens with zero attached hydrogens (tertiary/aromatic N) is 3. The molecule has 1 aromatic carbocycles. The van der Waals surface area contributed by atoms with Gasteiger partial charge in [-0.2, -0.15) is 10.6 Å². The molecule has 5 N–H and O–H groups in total. The van der Waals surface area contributed by atoms with Gasteiger partial charge >= 0.3 is 0 Å². The van der Waals surface area contributed by atoms with Crippen molar-refractivity contribution >= 4 is 45.3 Å². The zero-order valence-corrected chi connectivity index (χ0v) is 20.4. The van der Waals surface area contributed by atoms with Crippen molar-refractivity contribution < 1.29 is 18.3 Å². The number of nitrogens with one attached hydrogen (secondary N) is 1. The third-order valence-corrected chi connectivity index (χ3v) is 10.7. The topological polar surface area (TPSA) is 125 Å². The van der Waals surface area contributed by atoms with E-state index in [1.807, 2.05) is 0 Å². The molecule has 5 rings (SSSR count). The molecule has 2 aliphatic rings. The summed E-state index contributed by atoms with van der Waals surface area (Å²) in [5, 5.41) is 2.59. The molecule has 0 radical (unpaired) electrons. The van der Waals surface area contributed by atoms with E-state index in [1.165, 1.54) is 18.2 Å². The van der Waals surface area contributed by atoms with Crippen molar-refractivity contribution in [2.45, 2.75) is 49.1 Å². The first-order valence-corrected chi connectivity index (χ1v) is 12.8. The van der Waals surface area contributed by atoms with Crippen LogP contribution in [0.25, 0.3) is 5.65 Å². The molecule has 8 nitrogen and oxygen atoms in total. The molecule has 2 aliphatic heterocycles. The predicted octanol–water partition coefficient (Wildman–Crippen LogP) is 4.95. The fourth-order valence-corrected chi connectivity index (χ4v) is 7.95. The molecular formula is C23H25ClFN5O3S. The maximum atomic E-state index is 15.1. The van der Waals surface area contributed by atoms with Gasteiger partial charge in [-0.15, -0.1) is 0 Å². The molecule has 0 saturated carbocycles. The number of carbonyl (C=O) groups is 1. The molecule has 0 spiro atoms. The minimum Gasteiger partial charge on any atom is -0.386 e. The summed E-state index contributed by atoms with van der Waals surface area (Å²) in [6.07, 6.45) is 2.57. The number of hydrogen-bond donors (Lipinski definition) is 4. The maximum absolute atomic E-state index is 15.1. The number of amides is 1. The Balaban J connectivity index is 1.52. The summed E-state index contributed by atoms with van der Waals surface area (Å²) >= 11 is 6.06. The van der Waals surface area contributed by atoms with E-state index in [4.69, 9.17) is 17.3 Å². The van der Waals surface area contributed by atoms with Crippen LogP contribution in [-0.4, -0.2) is 40.2 Å². The second-order valence-electron chi connectivity index (χ2n) is 9.27. The van der Waals surface area contributed by atoms with Crippen LogP contribution in [0.5, 0.6) is 0 Å². The zero-order valence-electron chi connectivity index (χ0n) is 18.8. The number of amidine groups is 1. The minimum atomic E-state index is -3.19. The van der Waals surface area contributed by atoms with Crippen LogP contribution >= 0.6 is 22.2 Å². The molecule has 4 heterocycles. The largest absolute Gasteiger partial charge is 0.386 e. The lowest BCUT2D eigenvalue weighted by Crippen LogP contribution is -2.53. The number of anilines is 1. The summed E-state index contributed by atoms with van der Waals surface area (Å²) in [4.78, 5) is 22.0. The lowest BCUT2D eigenvalue weighted by atomic mass is 9.86. The number of rotatable bonds is 3. The molecule has 0 aliphatic carbocycles. The molecule has 1 fully saturated rings. The average Bonchev–Trinajstić information content (AvgIpc) is 3.18. The molecule has 1 saturated heterocycles. The van der Waals surface area contributed by atoms with Crippen molar-refractivity contribution in [2.24, 2.45) is 10.7 Å². The van der Waals surface area contributed by atoms with E-state index in [0.29, 0.717) is 34.9 Å². The number of pyridine rings is 1. The van der Waals surface area contributed by atoms with Crippen LogP contribution in [0.1, 0.15) is 48.4 Å². The third-order valence-electron chi connectivity index (χ3n) is 7.27. The minimum absolute atomic E-state index is 0.108. The SMILES string of the molecule is Cc1c(C(=O)Nc2ccc(F)c([C@@]3(C)N=C(N)[C@@]4(C)CC[C@@H]3S4(O)O)c2)nc2ccc(Cl)cn12. The van der Waals surface area contributed by atoms with Crippen LogP contribution < -0.4 is 11.1 Å². The Labute approximate surface area is 202 Å². The van der Waals surface area contributed by atoms with Gasteiger partial charge in [-0.1, -0.05) is 11.6 Å². The zero-order chi connectivity index (χ0) is 24.6. The van der Waals surface area contributed by atoms with E-state index in [9.17, 15) is 13.9 Å².